The van der Waals surface area contributed by atoms with Crippen molar-refractivity contribution in [3.8, 4) is 0 Å². The fraction of sp³-hybridized carbons (Fsp3) is 0.583. The fourth-order valence-electron chi connectivity index (χ4n) is 1.23. The molecule has 17 heavy (non-hydrogen) atoms. The molecule has 0 radical (unpaired) electrons. The molecule has 0 bridgehead atoms. The van der Waals surface area contributed by atoms with Gasteiger partial charge in [-0.15, -0.1) is 0 Å². The average molecular weight is 255 g/mol. The lowest BCUT2D eigenvalue weighted by molar-refractivity contribution is 0.238. The van der Waals surface area contributed by atoms with Crippen LogP contribution in [0, 0.1) is 5.92 Å². The molecule has 0 saturated carbocycles. The second-order valence-electron chi connectivity index (χ2n) is 4.00. The van der Waals surface area contributed by atoms with Crippen molar-refractivity contribution < 1.29 is 5.11 Å². The molecule has 1 aromatic heterocycles. The first-order chi connectivity index (χ1) is 8.26. The summed E-state index contributed by atoms with van der Waals surface area (Å²) in [5, 5.41) is 19.5. The standard InChI is InChI=1S/C12H21N3OS/c1-3-13-12(14-6-10(2)8-16)15-7-11-4-5-17-9-11/h4-5,9-10,16H,3,6-8H2,1-2H3,(H2,13,14,15). The highest BCUT2D eigenvalue weighted by molar-refractivity contribution is 7.07. The summed E-state index contributed by atoms with van der Waals surface area (Å²) in [6, 6.07) is 2.08. The molecule has 0 amide bonds. The van der Waals surface area contributed by atoms with E-state index in [2.05, 4.69) is 32.5 Å². The van der Waals surface area contributed by atoms with Gasteiger partial charge in [0, 0.05) is 19.7 Å². The maximum absolute atomic E-state index is 8.96. The minimum atomic E-state index is 0.191. The zero-order chi connectivity index (χ0) is 12.5. The van der Waals surface area contributed by atoms with Crippen molar-refractivity contribution in [1.29, 1.82) is 0 Å². The van der Waals surface area contributed by atoms with E-state index in [1.54, 1.807) is 11.3 Å². The minimum Gasteiger partial charge on any atom is -0.396 e. The molecule has 1 heterocycles. The van der Waals surface area contributed by atoms with Gasteiger partial charge >= 0.3 is 0 Å². The lowest BCUT2D eigenvalue weighted by Gasteiger charge is -2.13. The van der Waals surface area contributed by atoms with Gasteiger partial charge in [-0.05, 0) is 35.2 Å². The summed E-state index contributed by atoms with van der Waals surface area (Å²) in [7, 11) is 0. The molecule has 0 saturated heterocycles. The first-order valence-electron chi connectivity index (χ1n) is 5.90. The average Bonchev–Trinajstić information content (AvgIpc) is 2.85. The van der Waals surface area contributed by atoms with Gasteiger partial charge in [-0.25, -0.2) is 4.99 Å². The van der Waals surface area contributed by atoms with Crippen molar-refractivity contribution in [1.82, 2.24) is 10.6 Å². The summed E-state index contributed by atoms with van der Waals surface area (Å²) in [5.41, 5.74) is 1.22. The lowest BCUT2D eigenvalue weighted by atomic mass is 10.2. The number of hydrogen-bond donors (Lipinski definition) is 3. The molecule has 1 unspecified atom stereocenters. The minimum absolute atomic E-state index is 0.191. The van der Waals surface area contributed by atoms with Crippen molar-refractivity contribution in [2.45, 2.75) is 20.4 Å². The second-order valence-corrected chi connectivity index (χ2v) is 4.78. The van der Waals surface area contributed by atoms with Gasteiger partial charge < -0.3 is 15.7 Å². The number of rotatable bonds is 6. The molecule has 1 rings (SSSR count). The molecule has 0 aliphatic heterocycles. The zero-order valence-corrected chi connectivity index (χ0v) is 11.3. The molecular weight excluding hydrogens is 234 g/mol. The first-order valence-corrected chi connectivity index (χ1v) is 6.84. The molecule has 3 N–H and O–H groups in total. The summed E-state index contributed by atoms with van der Waals surface area (Å²) in [5.74, 6) is 1.04. The molecule has 0 aromatic carbocycles. The number of aliphatic hydroxyl groups excluding tert-OH is 1. The van der Waals surface area contributed by atoms with Gasteiger partial charge in [-0.1, -0.05) is 6.92 Å². The number of hydrogen-bond acceptors (Lipinski definition) is 3. The Bertz CT molecular complexity index is 325. The van der Waals surface area contributed by atoms with Crippen LogP contribution in [0.4, 0.5) is 0 Å². The first kappa shape index (κ1) is 14.0. The van der Waals surface area contributed by atoms with Crippen LogP contribution in [-0.2, 0) is 6.54 Å². The highest BCUT2D eigenvalue weighted by atomic mass is 32.1. The van der Waals surface area contributed by atoms with Crippen molar-refractivity contribution in [3.63, 3.8) is 0 Å². The molecule has 1 aromatic rings. The molecule has 1 atom stereocenters. The Hall–Kier alpha value is -1.07. The molecule has 0 fully saturated rings. The van der Waals surface area contributed by atoms with Gasteiger partial charge in [-0.3, -0.25) is 0 Å². The third-order valence-corrected chi connectivity index (χ3v) is 3.01. The Kier molecular flexibility index (Phi) is 6.65. The molecule has 0 spiro atoms. The van der Waals surface area contributed by atoms with Crippen LogP contribution < -0.4 is 10.6 Å². The molecule has 96 valence electrons. The highest BCUT2D eigenvalue weighted by Crippen LogP contribution is 2.06. The topological polar surface area (TPSA) is 56.7 Å². The second kappa shape index (κ2) is 8.08. The van der Waals surface area contributed by atoms with E-state index in [-0.39, 0.29) is 12.5 Å². The normalized spacial score (nSPS) is 13.5. The van der Waals surface area contributed by atoms with Crippen molar-refractivity contribution >= 4 is 17.3 Å². The summed E-state index contributed by atoms with van der Waals surface area (Å²) >= 11 is 1.68. The number of thiophene rings is 1. The van der Waals surface area contributed by atoms with E-state index in [0.29, 0.717) is 6.54 Å². The van der Waals surface area contributed by atoms with Crippen LogP contribution in [0.3, 0.4) is 0 Å². The number of guanidine groups is 1. The van der Waals surface area contributed by atoms with Crippen molar-refractivity contribution in [2.24, 2.45) is 10.9 Å². The quantitative estimate of drug-likeness (QED) is 0.532. The van der Waals surface area contributed by atoms with E-state index in [4.69, 9.17) is 5.11 Å². The maximum Gasteiger partial charge on any atom is 0.191 e. The van der Waals surface area contributed by atoms with E-state index in [1.165, 1.54) is 5.56 Å². The van der Waals surface area contributed by atoms with Crippen LogP contribution >= 0.6 is 11.3 Å². The van der Waals surface area contributed by atoms with E-state index in [1.807, 2.05) is 13.8 Å². The number of nitrogens with one attached hydrogen (secondary N) is 2. The predicted octanol–water partition coefficient (Wildman–Crippen LogP) is 1.43. The van der Waals surface area contributed by atoms with Crippen LogP contribution in [-0.4, -0.2) is 30.8 Å². The Morgan fingerprint density at radius 2 is 2.35 bits per heavy atom. The fourth-order valence-corrected chi connectivity index (χ4v) is 1.89. The number of aliphatic imine (C=N–C) groups is 1. The van der Waals surface area contributed by atoms with Crippen LogP contribution in [0.15, 0.2) is 21.8 Å². The van der Waals surface area contributed by atoms with Gasteiger partial charge in [0.1, 0.15) is 0 Å². The molecule has 0 aliphatic carbocycles. The van der Waals surface area contributed by atoms with E-state index >= 15 is 0 Å². The number of aliphatic hydroxyl groups is 1. The van der Waals surface area contributed by atoms with Crippen LogP contribution in [0.1, 0.15) is 19.4 Å². The summed E-state index contributed by atoms with van der Waals surface area (Å²) < 4.78 is 0. The molecule has 0 aliphatic rings. The van der Waals surface area contributed by atoms with E-state index in [9.17, 15) is 0 Å². The Morgan fingerprint density at radius 1 is 1.53 bits per heavy atom. The van der Waals surface area contributed by atoms with Gasteiger partial charge in [0.2, 0.25) is 0 Å². The van der Waals surface area contributed by atoms with Gasteiger partial charge in [0.25, 0.3) is 0 Å². The van der Waals surface area contributed by atoms with Crippen LogP contribution in [0.5, 0.6) is 0 Å². The zero-order valence-electron chi connectivity index (χ0n) is 10.4. The van der Waals surface area contributed by atoms with E-state index < -0.39 is 0 Å². The predicted molar refractivity (Wildman–Crippen MR) is 73.4 cm³/mol. The summed E-state index contributed by atoms with van der Waals surface area (Å²) in [6.07, 6.45) is 0. The Morgan fingerprint density at radius 3 is 2.94 bits per heavy atom. The summed E-state index contributed by atoms with van der Waals surface area (Å²) in [4.78, 5) is 4.48. The molecular formula is C12H21N3OS. The third kappa shape index (κ3) is 5.70. The monoisotopic (exact) mass is 255 g/mol. The smallest absolute Gasteiger partial charge is 0.191 e. The highest BCUT2D eigenvalue weighted by Gasteiger charge is 2.02. The van der Waals surface area contributed by atoms with Gasteiger partial charge in [-0.2, -0.15) is 11.3 Å². The third-order valence-electron chi connectivity index (χ3n) is 2.27. The largest absolute Gasteiger partial charge is 0.396 e. The molecule has 4 nitrogen and oxygen atoms in total. The Balaban J connectivity index is 2.43. The van der Waals surface area contributed by atoms with Gasteiger partial charge in [0.15, 0.2) is 5.96 Å². The molecule has 5 heteroatoms. The lowest BCUT2D eigenvalue weighted by Crippen LogP contribution is -2.39. The summed E-state index contributed by atoms with van der Waals surface area (Å²) in [6.45, 7) is 6.48. The van der Waals surface area contributed by atoms with Gasteiger partial charge in [0.05, 0.1) is 6.54 Å². The SMILES string of the molecule is CCNC(=NCc1ccsc1)NCC(C)CO. The van der Waals surface area contributed by atoms with Crippen LogP contribution in [0.2, 0.25) is 0 Å². The van der Waals surface area contributed by atoms with Crippen LogP contribution in [0.25, 0.3) is 0 Å². The van der Waals surface area contributed by atoms with Crippen molar-refractivity contribution in [2.75, 3.05) is 19.7 Å². The maximum atomic E-state index is 8.96. The Labute approximate surface area is 107 Å². The van der Waals surface area contributed by atoms with Crippen molar-refractivity contribution in [3.05, 3.63) is 22.4 Å². The number of nitrogens with zero attached hydrogens (tertiary/aromatic N) is 1. The van der Waals surface area contributed by atoms with E-state index in [0.717, 1.165) is 19.0 Å².